The summed E-state index contributed by atoms with van der Waals surface area (Å²) < 4.78 is 23.5. The van der Waals surface area contributed by atoms with E-state index in [4.69, 9.17) is 0 Å². The van der Waals surface area contributed by atoms with Crippen LogP contribution in [0.2, 0.25) is 0 Å². The zero-order chi connectivity index (χ0) is 9.35. The summed E-state index contributed by atoms with van der Waals surface area (Å²) in [6.07, 6.45) is 0. The fourth-order valence-electron chi connectivity index (χ4n) is 0.958. The molecular formula is C6H11NO3S2. The van der Waals surface area contributed by atoms with Gasteiger partial charge >= 0.3 is 0 Å². The Morgan fingerprint density at radius 1 is 1.58 bits per heavy atom. The minimum atomic E-state index is -3.13. The predicted octanol–water partition coefficient (Wildman–Crippen LogP) is 0.115. The molecule has 12 heavy (non-hydrogen) atoms. The van der Waals surface area contributed by atoms with Crippen LogP contribution in [-0.4, -0.2) is 37.9 Å². The van der Waals surface area contributed by atoms with Crippen LogP contribution in [0, 0.1) is 5.92 Å². The Morgan fingerprint density at radius 2 is 2.17 bits per heavy atom. The number of hydrogen-bond acceptors (Lipinski definition) is 4. The molecule has 0 radical (unpaired) electrons. The van der Waals surface area contributed by atoms with E-state index in [0.717, 1.165) is 10.8 Å². The van der Waals surface area contributed by atoms with Crippen molar-refractivity contribution >= 4 is 25.6 Å². The third-order valence-corrected chi connectivity index (χ3v) is 5.67. The van der Waals surface area contributed by atoms with E-state index in [0.29, 0.717) is 12.3 Å². The van der Waals surface area contributed by atoms with E-state index in [-0.39, 0.29) is 11.7 Å². The molecule has 0 aliphatic carbocycles. The van der Waals surface area contributed by atoms with Gasteiger partial charge in [-0.1, -0.05) is 0 Å². The molecule has 0 bridgehead atoms. The quantitative estimate of drug-likeness (QED) is 0.575. The zero-order valence-corrected chi connectivity index (χ0v) is 8.61. The molecule has 6 heteroatoms. The maximum Gasteiger partial charge on any atom is 0.267 e. The van der Waals surface area contributed by atoms with Gasteiger partial charge in [0.05, 0.1) is 0 Å². The van der Waals surface area contributed by atoms with E-state index in [9.17, 15) is 13.2 Å². The number of nitrogens with zero attached hydrogens (tertiary/aromatic N) is 1. The van der Waals surface area contributed by atoms with Crippen molar-refractivity contribution in [3.05, 3.63) is 0 Å². The van der Waals surface area contributed by atoms with Gasteiger partial charge in [-0.2, -0.15) is 4.31 Å². The maximum atomic E-state index is 11.1. The lowest BCUT2D eigenvalue weighted by Gasteiger charge is -2.26. The molecule has 0 N–H and O–H groups in total. The molecule has 0 aromatic carbocycles. The van der Waals surface area contributed by atoms with Gasteiger partial charge in [-0.05, 0) is 17.7 Å². The first kappa shape index (κ1) is 10.0. The van der Waals surface area contributed by atoms with Gasteiger partial charge in [0, 0.05) is 25.3 Å². The zero-order valence-electron chi connectivity index (χ0n) is 6.98. The molecule has 1 aliphatic rings. The van der Waals surface area contributed by atoms with Crippen LogP contribution in [-0.2, 0) is 13.8 Å². The van der Waals surface area contributed by atoms with Crippen LogP contribution >= 0.6 is 10.8 Å². The molecule has 1 atom stereocenters. The summed E-state index contributed by atoms with van der Waals surface area (Å²) in [6, 6.07) is 0. The van der Waals surface area contributed by atoms with Crippen molar-refractivity contribution in [2.75, 3.05) is 19.3 Å². The monoisotopic (exact) mass is 209 g/mol. The van der Waals surface area contributed by atoms with Crippen molar-refractivity contribution in [2.45, 2.75) is 6.92 Å². The van der Waals surface area contributed by atoms with Crippen molar-refractivity contribution in [2.24, 2.45) is 5.92 Å². The normalized spacial score (nSPS) is 30.0. The molecular weight excluding hydrogens is 198 g/mol. The molecule has 1 aliphatic heterocycles. The van der Waals surface area contributed by atoms with Gasteiger partial charge in [0.15, 0.2) is 0 Å². The highest BCUT2D eigenvalue weighted by Crippen LogP contribution is 2.26. The predicted molar refractivity (Wildman–Crippen MR) is 48.2 cm³/mol. The summed E-state index contributed by atoms with van der Waals surface area (Å²) in [5, 5.41) is 0. The first-order chi connectivity index (χ1) is 5.43. The van der Waals surface area contributed by atoms with Crippen LogP contribution in [0.5, 0.6) is 0 Å². The van der Waals surface area contributed by atoms with Crippen molar-refractivity contribution in [3.8, 4) is 0 Å². The first-order valence-corrected chi connectivity index (χ1v) is 6.49. The van der Waals surface area contributed by atoms with E-state index >= 15 is 0 Å². The molecule has 0 aromatic rings. The number of hydrogen-bond donors (Lipinski definition) is 0. The summed E-state index contributed by atoms with van der Waals surface area (Å²) in [4.78, 5) is 10.9. The Hall–Kier alpha value is -0.0700. The fourth-order valence-corrected chi connectivity index (χ4v) is 3.91. The first-order valence-electron chi connectivity index (χ1n) is 3.54. The second-order valence-corrected chi connectivity index (χ2v) is 6.85. The minimum Gasteiger partial charge on any atom is -0.300 e. The molecule has 0 saturated carbocycles. The summed E-state index contributed by atoms with van der Waals surface area (Å²) in [7, 11) is -0.790. The van der Waals surface area contributed by atoms with Gasteiger partial charge in [0.2, 0.25) is 0 Å². The molecule has 1 fully saturated rings. The lowest BCUT2D eigenvalue weighted by atomic mass is 10.1. The van der Waals surface area contributed by atoms with Gasteiger partial charge in [0.25, 0.3) is 9.06 Å². The van der Waals surface area contributed by atoms with Crippen molar-refractivity contribution in [3.63, 3.8) is 0 Å². The van der Waals surface area contributed by atoms with Gasteiger partial charge in [-0.15, -0.1) is 0 Å². The van der Waals surface area contributed by atoms with Crippen molar-refractivity contribution in [1.82, 2.24) is 4.31 Å². The summed E-state index contributed by atoms with van der Waals surface area (Å²) in [6.45, 7) is 1.82. The molecule has 1 rings (SSSR count). The third kappa shape index (κ3) is 1.99. The average molecular weight is 209 g/mol. The molecule has 4 nitrogen and oxygen atoms in total. The highest BCUT2D eigenvalue weighted by Gasteiger charge is 2.31. The topological polar surface area (TPSA) is 54.5 Å². The number of carbonyl (C=O) groups is 1. The Bertz CT molecular complexity index is 285. The smallest absolute Gasteiger partial charge is 0.267 e. The van der Waals surface area contributed by atoms with Crippen LogP contribution in [0.1, 0.15) is 6.92 Å². The largest absolute Gasteiger partial charge is 0.300 e. The minimum absolute atomic E-state index is 0.0595. The summed E-state index contributed by atoms with van der Waals surface area (Å²) >= 11 is 0. The molecule has 1 unspecified atom stereocenters. The maximum absolute atomic E-state index is 11.1. The SMILES string of the molecule is CC(=O)C1CSS(=O)(=O)N(C)C1. The second-order valence-electron chi connectivity index (χ2n) is 2.83. The molecule has 0 aromatic heterocycles. The van der Waals surface area contributed by atoms with Crippen LogP contribution in [0.4, 0.5) is 0 Å². The molecule has 70 valence electrons. The Morgan fingerprint density at radius 3 is 2.58 bits per heavy atom. The number of ketones is 1. The summed E-state index contributed by atoms with van der Waals surface area (Å²) in [5.41, 5.74) is 0. The fraction of sp³-hybridized carbons (Fsp3) is 0.833. The molecule has 1 heterocycles. The Balaban J connectivity index is 2.71. The number of rotatable bonds is 1. The summed E-state index contributed by atoms with van der Waals surface area (Å²) in [5.74, 6) is 0.315. The van der Waals surface area contributed by atoms with Gasteiger partial charge in [-0.3, -0.25) is 4.79 Å². The second kappa shape index (κ2) is 3.35. The van der Waals surface area contributed by atoms with E-state index < -0.39 is 9.06 Å². The molecule has 0 amide bonds. The lowest BCUT2D eigenvalue weighted by molar-refractivity contribution is -0.120. The average Bonchev–Trinajstić information content (AvgIpc) is 1.94. The molecule has 1 saturated heterocycles. The lowest BCUT2D eigenvalue weighted by Crippen LogP contribution is -2.38. The standard InChI is InChI=1S/C6H11NO3S2/c1-5(8)6-3-7(2)12(9,10)11-4-6/h6H,3-4H2,1-2H3. The van der Waals surface area contributed by atoms with Crippen LogP contribution in [0.15, 0.2) is 0 Å². The van der Waals surface area contributed by atoms with E-state index in [2.05, 4.69) is 0 Å². The number of Topliss-reactive ketones (excluding diaryl/α,β-unsaturated/α-hetero) is 1. The van der Waals surface area contributed by atoms with Crippen LogP contribution in [0.25, 0.3) is 0 Å². The molecule has 0 spiro atoms. The highest BCUT2D eigenvalue weighted by molar-refractivity contribution is 8.71. The third-order valence-electron chi connectivity index (χ3n) is 1.85. The Labute approximate surface area is 75.8 Å². The van der Waals surface area contributed by atoms with E-state index in [1.807, 2.05) is 0 Å². The van der Waals surface area contributed by atoms with E-state index in [1.54, 1.807) is 0 Å². The van der Waals surface area contributed by atoms with Gasteiger partial charge in [0.1, 0.15) is 5.78 Å². The Kier molecular flexibility index (Phi) is 2.80. The van der Waals surface area contributed by atoms with Gasteiger partial charge in [-0.25, -0.2) is 8.42 Å². The van der Waals surface area contributed by atoms with Gasteiger partial charge < -0.3 is 0 Å². The highest BCUT2D eigenvalue weighted by atomic mass is 33.1. The van der Waals surface area contributed by atoms with Crippen LogP contribution < -0.4 is 0 Å². The van der Waals surface area contributed by atoms with Crippen LogP contribution in [0.3, 0.4) is 0 Å². The van der Waals surface area contributed by atoms with E-state index in [1.165, 1.54) is 18.3 Å². The van der Waals surface area contributed by atoms with Crippen molar-refractivity contribution in [1.29, 1.82) is 0 Å². The number of carbonyl (C=O) groups excluding carboxylic acids is 1. The van der Waals surface area contributed by atoms with Crippen molar-refractivity contribution < 1.29 is 13.2 Å².